The number of hydrogen-bond donors (Lipinski definition) is 0. The zero-order valence-corrected chi connectivity index (χ0v) is 11.1. The van der Waals surface area contributed by atoms with Crippen molar-refractivity contribution >= 4 is 17.1 Å². The van der Waals surface area contributed by atoms with Crippen molar-refractivity contribution in [3.05, 3.63) is 57.3 Å². The van der Waals surface area contributed by atoms with E-state index in [1.165, 1.54) is 29.7 Å². The van der Waals surface area contributed by atoms with Crippen LogP contribution in [-0.4, -0.2) is 5.78 Å². The first-order valence-electron chi connectivity index (χ1n) is 6.51. The van der Waals surface area contributed by atoms with Gasteiger partial charge in [0.25, 0.3) is 0 Å². The van der Waals surface area contributed by atoms with Gasteiger partial charge in [-0.1, -0.05) is 30.3 Å². The zero-order chi connectivity index (χ0) is 12.4. The predicted molar refractivity (Wildman–Crippen MR) is 75.4 cm³/mol. The molecule has 92 valence electrons. The van der Waals surface area contributed by atoms with Gasteiger partial charge in [-0.2, -0.15) is 0 Å². The molecule has 1 aromatic carbocycles. The van der Waals surface area contributed by atoms with Gasteiger partial charge in [0.15, 0.2) is 5.78 Å². The number of aryl methyl sites for hydroxylation is 2. The summed E-state index contributed by atoms with van der Waals surface area (Å²) in [7, 11) is 0. The van der Waals surface area contributed by atoms with E-state index in [9.17, 15) is 4.79 Å². The van der Waals surface area contributed by atoms with Crippen LogP contribution in [0.2, 0.25) is 0 Å². The van der Waals surface area contributed by atoms with Crippen LogP contribution < -0.4 is 0 Å². The molecule has 1 aliphatic rings. The van der Waals surface area contributed by atoms with E-state index in [0.717, 1.165) is 16.9 Å². The van der Waals surface area contributed by atoms with Crippen molar-refractivity contribution in [1.82, 2.24) is 0 Å². The number of fused-ring (bicyclic) bond motifs is 1. The third-order valence-corrected chi connectivity index (χ3v) is 4.76. The van der Waals surface area contributed by atoms with E-state index >= 15 is 0 Å². The fraction of sp³-hybridized carbons (Fsp3) is 0.312. The molecule has 2 aromatic rings. The second kappa shape index (κ2) is 5.07. The molecule has 3 rings (SSSR count). The number of benzene rings is 1. The predicted octanol–water partition coefficient (Wildman–Crippen LogP) is 4.05. The largest absolute Gasteiger partial charge is 0.293 e. The first-order valence-corrected chi connectivity index (χ1v) is 7.33. The Kier molecular flexibility index (Phi) is 3.28. The Hall–Kier alpha value is -1.41. The number of rotatable bonds is 3. The molecular weight excluding hydrogens is 240 g/mol. The number of thiophene rings is 1. The standard InChI is InChI=1S/C16H16OS/c17-14(10-12-6-2-1-3-7-12)16-11-13-8-4-5-9-15(13)18-16/h1-3,6-7,11H,4-5,8-10H2. The van der Waals surface area contributed by atoms with Gasteiger partial charge in [0.2, 0.25) is 0 Å². The van der Waals surface area contributed by atoms with Crippen LogP contribution in [-0.2, 0) is 19.3 Å². The summed E-state index contributed by atoms with van der Waals surface area (Å²) in [6.07, 6.45) is 5.40. The van der Waals surface area contributed by atoms with E-state index in [2.05, 4.69) is 6.07 Å². The molecule has 1 aromatic heterocycles. The second-order valence-corrected chi connectivity index (χ2v) is 5.99. The van der Waals surface area contributed by atoms with Crippen molar-refractivity contribution in [2.45, 2.75) is 32.1 Å². The highest BCUT2D eigenvalue weighted by molar-refractivity contribution is 7.14. The molecule has 1 aliphatic carbocycles. The average Bonchev–Trinajstić information content (AvgIpc) is 2.84. The highest BCUT2D eigenvalue weighted by Crippen LogP contribution is 2.30. The molecule has 0 unspecified atom stereocenters. The molecule has 0 saturated heterocycles. The molecule has 2 heteroatoms. The number of carbonyl (C=O) groups excluding carboxylic acids is 1. The van der Waals surface area contributed by atoms with Gasteiger partial charge in [-0.15, -0.1) is 11.3 Å². The van der Waals surface area contributed by atoms with Gasteiger partial charge < -0.3 is 0 Å². The molecule has 0 bridgehead atoms. The quantitative estimate of drug-likeness (QED) is 0.757. The van der Waals surface area contributed by atoms with E-state index in [1.807, 2.05) is 30.3 Å². The molecule has 1 heterocycles. The molecule has 0 amide bonds. The molecule has 1 nitrogen and oxygen atoms in total. The molecular formula is C16H16OS. The van der Waals surface area contributed by atoms with Crippen molar-refractivity contribution < 1.29 is 4.79 Å². The van der Waals surface area contributed by atoms with Crippen molar-refractivity contribution in [3.8, 4) is 0 Å². The Labute approximate surface area is 111 Å². The Bertz CT molecular complexity index is 530. The molecule has 0 N–H and O–H groups in total. The summed E-state index contributed by atoms with van der Waals surface area (Å²) >= 11 is 1.71. The van der Waals surface area contributed by atoms with Gasteiger partial charge in [-0.25, -0.2) is 0 Å². The lowest BCUT2D eigenvalue weighted by Crippen LogP contribution is -2.00. The van der Waals surface area contributed by atoms with Crippen LogP contribution in [0.1, 0.15) is 38.5 Å². The highest BCUT2D eigenvalue weighted by Gasteiger charge is 2.17. The minimum absolute atomic E-state index is 0.264. The van der Waals surface area contributed by atoms with Crippen LogP contribution in [0.3, 0.4) is 0 Å². The van der Waals surface area contributed by atoms with E-state index in [1.54, 1.807) is 11.3 Å². The van der Waals surface area contributed by atoms with Crippen LogP contribution in [0.15, 0.2) is 36.4 Å². The lowest BCUT2D eigenvalue weighted by Gasteiger charge is -2.08. The van der Waals surface area contributed by atoms with Crippen LogP contribution in [0, 0.1) is 0 Å². The molecule has 0 fully saturated rings. The van der Waals surface area contributed by atoms with Gasteiger partial charge in [0.1, 0.15) is 0 Å². The third kappa shape index (κ3) is 2.39. The summed E-state index contributed by atoms with van der Waals surface area (Å²) in [5, 5.41) is 0. The summed E-state index contributed by atoms with van der Waals surface area (Å²) < 4.78 is 0. The molecule has 0 saturated carbocycles. The highest BCUT2D eigenvalue weighted by atomic mass is 32.1. The maximum absolute atomic E-state index is 12.2. The minimum Gasteiger partial charge on any atom is -0.293 e. The molecule has 0 spiro atoms. The Morgan fingerprint density at radius 2 is 1.89 bits per heavy atom. The van der Waals surface area contributed by atoms with Gasteiger partial charge in [0, 0.05) is 11.3 Å². The Morgan fingerprint density at radius 3 is 2.67 bits per heavy atom. The zero-order valence-electron chi connectivity index (χ0n) is 10.3. The number of hydrogen-bond acceptors (Lipinski definition) is 2. The summed E-state index contributed by atoms with van der Waals surface area (Å²) in [4.78, 5) is 14.6. The lowest BCUT2D eigenvalue weighted by atomic mass is 9.98. The van der Waals surface area contributed by atoms with Crippen molar-refractivity contribution in [1.29, 1.82) is 0 Å². The van der Waals surface area contributed by atoms with Gasteiger partial charge in [-0.05, 0) is 42.9 Å². The van der Waals surface area contributed by atoms with Crippen LogP contribution in [0.4, 0.5) is 0 Å². The monoisotopic (exact) mass is 256 g/mol. The summed E-state index contributed by atoms with van der Waals surface area (Å²) in [6, 6.07) is 12.1. The van der Waals surface area contributed by atoms with Crippen LogP contribution >= 0.6 is 11.3 Å². The van der Waals surface area contributed by atoms with Crippen molar-refractivity contribution in [3.63, 3.8) is 0 Å². The van der Waals surface area contributed by atoms with E-state index < -0.39 is 0 Å². The maximum Gasteiger partial charge on any atom is 0.177 e. The first-order chi connectivity index (χ1) is 8.83. The lowest BCUT2D eigenvalue weighted by molar-refractivity contribution is 0.0997. The first kappa shape index (κ1) is 11.7. The maximum atomic E-state index is 12.2. The molecule has 18 heavy (non-hydrogen) atoms. The third-order valence-electron chi connectivity index (χ3n) is 3.48. The van der Waals surface area contributed by atoms with Gasteiger partial charge in [0.05, 0.1) is 4.88 Å². The summed E-state index contributed by atoms with van der Waals surface area (Å²) in [5.41, 5.74) is 2.52. The van der Waals surface area contributed by atoms with Crippen LogP contribution in [0.5, 0.6) is 0 Å². The summed E-state index contributed by atoms with van der Waals surface area (Å²) in [6.45, 7) is 0. The fourth-order valence-electron chi connectivity index (χ4n) is 2.50. The normalized spacial score (nSPS) is 14.2. The minimum atomic E-state index is 0.264. The van der Waals surface area contributed by atoms with E-state index in [0.29, 0.717) is 6.42 Å². The van der Waals surface area contributed by atoms with Crippen LogP contribution in [0.25, 0.3) is 0 Å². The van der Waals surface area contributed by atoms with E-state index in [-0.39, 0.29) is 5.78 Å². The van der Waals surface area contributed by atoms with Crippen molar-refractivity contribution in [2.24, 2.45) is 0 Å². The van der Waals surface area contributed by atoms with E-state index in [4.69, 9.17) is 0 Å². The molecule has 0 radical (unpaired) electrons. The number of ketones is 1. The number of Topliss-reactive ketones (excluding diaryl/α,β-unsaturated/α-hetero) is 1. The fourth-order valence-corrected chi connectivity index (χ4v) is 3.69. The molecule has 0 atom stereocenters. The Balaban J connectivity index is 1.78. The van der Waals surface area contributed by atoms with Gasteiger partial charge in [-0.3, -0.25) is 4.79 Å². The number of carbonyl (C=O) groups is 1. The van der Waals surface area contributed by atoms with Crippen molar-refractivity contribution in [2.75, 3.05) is 0 Å². The smallest absolute Gasteiger partial charge is 0.177 e. The molecule has 0 aliphatic heterocycles. The topological polar surface area (TPSA) is 17.1 Å². The second-order valence-electron chi connectivity index (χ2n) is 4.85. The average molecular weight is 256 g/mol. The summed E-state index contributed by atoms with van der Waals surface area (Å²) in [5.74, 6) is 0.264. The Morgan fingerprint density at radius 1 is 1.11 bits per heavy atom. The SMILES string of the molecule is O=C(Cc1ccccc1)c1cc2c(s1)CCCC2. The van der Waals surface area contributed by atoms with Gasteiger partial charge >= 0.3 is 0 Å².